The summed E-state index contributed by atoms with van der Waals surface area (Å²) < 4.78 is 0. The summed E-state index contributed by atoms with van der Waals surface area (Å²) in [4.78, 5) is 0. The summed E-state index contributed by atoms with van der Waals surface area (Å²) in [7, 11) is 0. The van der Waals surface area contributed by atoms with Crippen molar-refractivity contribution in [3.8, 4) is 0 Å². The molecule has 0 saturated carbocycles. The van der Waals surface area contributed by atoms with Crippen molar-refractivity contribution < 1.29 is 0 Å². The van der Waals surface area contributed by atoms with Crippen LogP contribution >= 0.6 is 0 Å². The van der Waals surface area contributed by atoms with Crippen molar-refractivity contribution in [3.63, 3.8) is 0 Å². The van der Waals surface area contributed by atoms with Crippen LogP contribution in [0.25, 0.3) is 0 Å². The van der Waals surface area contributed by atoms with Crippen molar-refractivity contribution in [2.75, 3.05) is 6.54 Å². The van der Waals surface area contributed by atoms with Crippen LogP contribution in [0.4, 0.5) is 0 Å². The van der Waals surface area contributed by atoms with E-state index in [9.17, 15) is 0 Å². The van der Waals surface area contributed by atoms with E-state index in [1.54, 1.807) is 0 Å². The van der Waals surface area contributed by atoms with Crippen LogP contribution in [0.15, 0.2) is 12.7 Å². The Morgan fingerprint density at radius 2 is 1.79 bits per heavy atom. The molecule has 0 fully saturated rings. The van der Waals surface area contributed by atoms with E-state index in [2.05, 4.69) is 25.7 Å². The van der Waals surface area contributed by atoms with Gasteiger partial charge in [0.2, 0.25) is 0 Å². The summed E-state index contributed by atoms with van der Waals surface area (Å²) in [6, 6.07) is 0.758. The molecule has 0 saturated heterocycles. The number of allylic oxidation sites excluding steroid dienone is 1. The van der Waals surface area contributed by atoms with E-state index in [-0.39, 0.29) is 0 Å². The highest BCUT2D eigenvalue weighted by Gasteiger charge is 2.03. The van der Waals surface area contributed by atoms with Gasteiger partial charge in [-0.1, -0.05) is 32.8 Å². The molecule has 14 heavy (non-hydrogen) atoms. The summed E-state index contributed by atoms with van der Waals surface area (Å²) in [5.41, 5.74) is 0. The Balaban J connectivity index is 3.34. The lowest BCUT2D eigenvalue weighted by molar-refractivity contribution is 0.438. The molecule has 0 aliphatic carbocycles. The highest BCUT2D eigenvalue weighted by Crippen LogP contribution is 2.04. The summed E-state index contributed by atoms with van der Waals surface area (Å²) in [5, 5.41) is 3.65. The van der Waals surface area contributed by atoms with Crippen LogP contribution in [0, 0.1) is 0 Å². The SMILES string of the molecule is C=CCCCCNC(CCC)CCC. The minimum absolute atomic E-state index is 0.758. The van der Waals surface area contributed by atoms with Gasteiger partial charge in [-0.25, -0.2) is 0 Å². The van der Waals surface area contributed by atoms with Gasteiger partial charge in [-0.15, -0.1) is 6.58 Å². The first-order valence-electron chi connectivity index (χ1n) is 6.19. The van der Waals surface area contributed by atoms with Crippen molar-refractivity contribution >= 4 is 0 Å². The van der Waals surface area contributed by atoms with Crippen LogP contribution in [-0.4, -0.2) is 12.6 Å². The topological polar surface area (TPSA) is 12.0 Å². The van der Waals surface area contributed by atoms with Gasteiger partial charge < -0.3 is 5.32 Å². The summed E-state index contributed by atoms with van der Waals surface area (Å²) >= 11 is 0. The highest BCUT2D eigenvalue weighted by molar-refractivity contribution is 4.68. The Hall–Kier alpha value is -0.300. The molecule has 0 heterocycles. The number of rotatable bonds is 10. The van der Waals surface area contributed by atoms with Crippen LogP contribution in [0.3, 0.4) is 0 Å². The van der Waals surface area contributed by atoms with E-state index < -0.39 is 0 Å². The second-order valence-electron chi connectivity index (χ2n) is 4.01. The lowest BCUT2D eigenvalue weighted by Crippen LogP contribution is -2.29. The van der Waals surface area contributed by atoms with Crippen molar-refractivity contribution in [2.24, 2.45) is 0 Å². The maximum atomic E-state index is 3.73. The van der Waals surface area contributed by atoms with E-state index in [1.807, 2.05) is 6.08 Å². The Morgan fingerprint density at radius 3 is 2.29 bits per heavy atom. The van der Waals surface area contributed by atoms with Gasteiger partial charge in [0.15, 0.2) is 0 Å². The average molecular weight is 197 g/mol. The minimum Gasteiger partial charge on any atom is -0.314 e. The molecule has 0 radical (unpaired) electrons. The molecular weight excluding hydrogens is 170 g/mol. The molecule has 0 spiro atoms. The fourth-order valence-electron chi connectivity index (χ4n) is 1.77. The summed E-state index contributed by atoms with van der Waals surface area (Å²) in [5.74, 6) is 0. The molecule has 84 valence electrons. The van der Waals surface area contributed by atoms with E-state index in [1.165, 1.54) is 45.1 Å². The molecule has 0 unspecified atom stereocenters. The fourth-order valence-corrected chi connectivity index (χ4v) is 1.77. The molecule has 0 aromatic carbocycles. The summed E-state index contributed by atoms with van der Waals surface area (Å²) in [6.45, 7) is 9.44. The van der Waals surface area contributed by atoms with Gasteiger partial charge >= 0.3 is 0 Å². The third kappa shape index (κ3) is 8.31. The van der Waals surface area contributed by atoms with E-state index in [0.717, 1.165) is 12.5 Å². The molecule has 0 aliphatic rings. The molecule has 1 heteroatoms. The Bertz CT molecular complexity index is 114. The Morgan fingerprint density at radius 1 is 1.14 bits per heavy atom. The molecule has 1 N–H and O–H groups in total. The second kappa shape index (κ2) is 10.8. The van der Waals surface area contributed by atoms with Gasteiger partial charge in [-0.05, 0) is 38.6 Å². The molecule has 1 nitrogen and oxygen atoms in total. The molecule has 0 atom stereocenters. The van der Waals surface area contributed by atoms with Gasteiger partial charge in [0.25, 0.3) is 0 Å². The number of nitrogens with one attached hydrogen (secondary N) is 1. The number of unbranched alkanes of at least 4 members (excludes halogenated alkanes) is 2. The predicted molar refractivity (Wildman–Crippen MR) is 65.7 cm³/mol. The average Bonchev–Trinajstić information content (AvgIpc) is 2.18. The van der Waals surface area contributed by atoms with Crippen LogP contribution in [-0.2, 0) is 0 Å². The van der Waals surface area contributed by atoms with Crippen molar-refractivity contribution in [1.82, 2.24) is 5.32 Å². The van der Waals surface area contributed by atoms with Crippen LogP contribution in [0.1, 0.15) is 58.8 Å². The minimum atomic E-state index is 0.758. The maximum Gasteiger partial charge on any atom is 0.00668 e. The van der Waals surface area contributed by atoms with Crippen molar-refractivity contribution in [3.05, 3.63) is 12.7 Å². The number of hydrogen-bond donors (Lipinski definition) is 1. The molecule has 0 aromatic rings. The Kier molecular flexibility index (Phi) is 10.5. The van der Waals surface area contributed by atoms with Crippen LogP contribution in [0.5, 0.6) is 0 Å². The van der Waals surface area contributed by atoms with E-state index >= 15 is 0 Å². The zero-order chi connectivity index (χ0) is 10.6. The molecule has 0 aromatic heterocycles. The first-order valence-corrected chi connectivity index (χ1v) is 6.19. The van der Waals surface area contributed by atoms with Crippen molar-refractivity contribution in [2.45, 2.75) is 64.8 Å². The van der Waals surface area contributed by atoms with Crippen LogP contribution in [0.2, 0.25) is 0 Å². The van der Waals surface area contributed by atoms with Gasteiger partial charge in [-0.2, -0.15) is 0 Å². The quantitative estimate of drug-likeness (QED) is 0.414. The fraction of sp³-hybridized carbons (Fsp3) is 0.846. The molecule has 0 bridgehead atoms. The van der Waals surface area contributed by atoms with Crippen molar-refractivity contribution in [1.29, 1.82) is 0 Å². The smallest absolute Gasteiger partial charge is 0.00668 e. The Labute approximate surface area is 90.0 Å². The zero-order valence-corrected chi connectivity index (χ0v) is 10.0. The van der Waals surface area contributed by atoms with Gasteiger partial charge in [-0.3, -0.25) is 0 Å². The first kappa shape index (κ1) is 13.7. The van der Waals surface area contributed by atoms with E-state index in [4.69, 9.17) is 0 Å². The highest BCUT2D eigenvalue weighted by atomic mass is 14.9. The lowest BCUT2D eigenvalue weighted by Gasteiger charge is -2.16. The first-order chi connectivity index (χ1) is 6.85. The van der Waals surface area contributed by atoms with Crippen LogP contribution < -0.4 is 5.32 Å². The van der Waals surface area contributed by atoms with Gasteiger partial charge in [0, 0.05) is 6.04 Å². The molecule has 0 aliphatic heterocycles. The normalized spacial score (nSPS) is 10.8. The molecular formula is C13H27N. The third-order valence-corrected chi connectivity index (χ3v) is 2.54. The van der Waals surface area contributed by atoms with Gasteiger partial charge in [0.1, 0.15) is 0 Å². The standard InChI is InChI=1S/C13H27N/c1-4-7-8-9-12-14-13(10-5-2)11-6-3/h4,13-14H,1,5-12H2,2-3H3. The largest absolute Gasteiger partial charge is 0.314 e. The van der Waals surface area contributed by atoms with Gasteiger partial charge in [0.05, 0.1) is 0 Å². The second-order valence-corrected chi connectivity index (χ2v) is 4.01. The summed E-state index contributed by atoms with van der Waals surface area (Å²) in [6.07, 6.45) is 11.0. The maximum absolute atomic E-state index is 3.73. The predicted octanol–water partition coefficient (Wildman–Crippen LogP) is 3.90. The zero-order valence-electron chi connectivity index (χ0n) is 10.0. The number of hydrogen-bond acceptors (Lipinski definition) is 1. The third-order valence-electron chi connectivity index (χ3n) is 2.54. The monoisotopic (exact) mass is 197 g/mol. The van der Waals surface area contributed by atoms with E-state index in [0.29, 0.717) is 0 Å². The molecule has 0 rings (SSSR count). The lowest BCUT2D eigenvalue weighted by atomic mass is 10.1. The molecule has 0 amide bonds.